The van der Waals surface area contributed by atoms with Gasteiger partial charge < -0.3 is 15.0 Å². The van der Waals surface area contributed by atoms with Crippen molar-refractivity contribution in [2.45, 2.75) is 13.5 Å². The molecule has 1 amide bonds. The van der Waals surface area contributed by atoms with Crippen LogP contribution in [0.25, 0.3) is 0 Å². The van der Waals surface area contributed by atoms with Crippen LogP contribution in [-0.2, 0) is 6.54 Å². The Bertz CT molecular complexity index is 651. The van der Waals surface area contributed by atoms with Gasteiger partial charge in [-0.3, -0.25) is 4.79 Å². The summed E-state index contributed by atoms with van der Waals surface area (Å²) in [5.74, 6) is 0.881. The fourth-order valence-electron chi connectivity index (χ4n) is 2.39. The van der Waals surface area contributed by atoms with E-state index >= 15 is 0 Å². The minimum atomic E-state index is 0.0284. The molecule has 0 saturated heterocycles. The Morgan fingerprint density at radius 3 is 3.10 bits per heavy atom. The summed E-state index contributed by atoms with van der Waals surface area (Å²) in [7, 11) is 1.67. The molecular weight excluding hydrogens is 272 g/mol. The van der Waals surface area contributed by atoms with Crippen molar-refractivity contribution in [1.29, 1.82) is 0 Å². The monoisotopic (exact) mass is 288 g/mol. The normalized spacial score (nSPS) is 13.9. The smallest absolute Gasteiger partial charge is 0.255 e. The number of carbonyl (C=O) groups excluding carboxylic acids is 1. The second kappa shape index (κ2) is 5.17. The maximum Gasteiger partial charge on any atom is 0.255 e. The number of rotatable bonds is 3. The van der Waals surface area contributed by atoms with Gasteiger partial charge in [0.2, 0.25) is 0 Å². The first-order valence-electron chi connectivity index (χ1n) is 6.43. The average molecular weight is 288 g/mol. The largest absolute Gasteiger partial charge is 0.497 e. The van der Waals surface area contributed by atoms with Crippen LogP contribution in [0.4, 0.5) is 5.00 Å². The molecule has 3 rings (SSSR count). The van der Waals surface area contributed by atoms with E-state index < -0.39 is 0 Å². The van der Waals surface area contributed by atoms with Crippen molar-refractivity contribution in [2.24, 2.45) is 0 Å². The number of amides is 1. The molecule has 2 aromatic rings. The molecule has 1 aliphatic heterocycles. The summed E-state index contributed by atoms with van der Waals surface area (Å²) in [4.78, 5) is 14.1. The Hall–Kier alpha value is -2.01. The van der Waals surface area contributed by atoms with Crippen molar-refractivity contribution in [3.63, 3.8) is 0 Å². The van der Waals surface area contributed by atoms with Gasteiger partial charge in [0.05, 0.1) is 19.3 Å². The Kier molecular flexibility index (Phi) is 3.36. The van der Waals surface area contributed by atoms with Gasteiger partial charge in [-0.2, -0.15) is 0 Å². The molecule has 0 unspecified atom stereocenters. The minimum Gasteiger partial charge on any atom is -0.497 e. The van der Waals surface area contributed by atoms with Gasteiger partial charge in [-0.15, -0.1) is 11.3 Å². The molecule has 1 aromatic carbocycles. The lowest BCUT2D eigenvalue weighted by atomic mass is 10.1. The average Bonchev–Trinajstić information content (AvgIpc) is 2.85. The van der Waals surface area contributed by atoms with Gasteiger partial charge in [0.25, 0.3) is 5.91 Å². The molecule has 0 saturated carbocycles. The zero-order chi connectivity index (χ0) is 14.1. The molecule has 1 aliphatic rings. The summed E-state index contributed by atoms with van der Waals surface area (Å²) in [5.41, 5.74) is 3.01. The second-order valence-electron chi connectivity index (χ2n) is 4.81. The summed E-state index contributed by atoms with van der Waals surface area (Å²) in [6.07, 6.45) is 0. The van der Waals surface area contributed by atoms with Crippen LogP contribution in [0.5, 0.6) is 5.75 Å². The zero-order valence-electron chi connectivity index (χ0n) is 11.5. The van der Waals surface area contributed by atoms with Crippen LogP contribution in [-0.4, -0.2) is 19.7 Å². The van der Waals surface area contributed by atoms with Gasteiger partial charge in [0.15, 0.2) is 0 Å². The van der Waals surface area contributed by atoms with Crippen molar-refractivity contribution in [2.75, 3.05) is 18.7 Å². The number of ether oxygens (including phenoxy) is 1. The van der Waals surface area contributed by atoms with Crippen molar-refractivity contribution < 1.29 is 9.53 Å². The molecule has 0 radical (unpaired) electrons. The number of anilines is 1. The molecule has 0 bridgehead atoms. The summed E-state index contributed by atoms with van der Waals surface area (Å²) < 4.78 is 5.25. The fraction of sp³-hybridized carbons (Fsp3) is 0.267. The predicted molar refractivity (Wildman–Crippen MR) is 80.6 cm³/mol. The SMILES string of the molecule is COc1cccc(CN2CNC(=O)c3c(C)csc32)c1. The summed E-state index contributed by atoms with van der Waals surface area (Å²) in [5, 5.41) is 6.01. The van der Waals surface area contributed by atoms with Crippen LogP contribution < -0.4 is 15.0 Å². The number of hydrogen-bond acceptors (Lipinski definition) is 4. The highest BCUT2D eigenvalue weighted by Gasteiger charge is 2.26. The van der Waals surface area contributed by atoms with Gasteiger partial charge >= 0.3 is 0 Å². The maximum atomic E-state index is 11.9. The van der Waals surface area contributed by atoms with Gasteiger partial charge in [-0.25, -0.2) is 0 Å². The topological polar surface area (TPSA) is 41.6 Å². The van der Waals surface area contributed by atoms with E-state index in [1.165, 1.54) is 0 Å². The predicted octanol–water partition coefficient (Wildman–Crippen LogP) is 2.77. The molecule has 1 N–H and O–H groups in total. The lowest BCUT2D eigenvalue weighted by molar-refractivity contribution is 0.0947. The quantitative estimate of drug-likeness (QED) is 0.944. The van der Waals surface area contributed by atoms with Gasteiger partial charge in [0.1, 0.15) is 10.8 Å². The first-order chi connectivity index (χ1) is 9.69. The molecule has 104 valence electrons. The first kappa shape index (κ1) is 13.0. The molecule has 0 spiro atoms. The molecule has 0 fully saturated rings. The number of nitrogens with one attached hydrogen (secondary N) is 1. The third-order valence-corrected chi connectivity index (χ3v) is 4.56. The Balaban J connectivity index is 1.88. The molecular formula is C15H16N2O2S. The highest BCUT2D eigenvalue weighted by molar-refractivity contribution is 7.14. The Morgan fingerprint density at radius 1 is 1.45 bits per heavy atom. The maximum absolute atomic E-state index is 11.9. The van der Waals surface area contributed by atoms with E-state index in [0.29, 0.717) is 6.67 Å². The van der Waals surface area contributed by atoms with Crippen LogP contribution in [0.1, 0.15) is 21.5 Å². The highest BCUT2D eigenvalue weighted by Crippen LogP contribution is 2.34. The number of thiophene rings is 1. The van der Waals surface area contributed by atoms with Gasteiger partial charge in [-0.1, -0.05) is 12.1 Å². The van der Waals surface area contributed by atoms with E-state index in [1.54, 1.807) is 18.4 Å². The van der Waals surface area contributed by atoms with Crippen molar-refractivity contribution in [1.82, 2.24) is 5.32 Å². The van der Waals surface area contributed by atoms with Gasteiger partial charge in [0, 0.05) is 6.54 Å². The van der Waals surface area contributed by atoms with E-state index in [0.717, 1.165) is 34.0 Å². The van der Waals surface area contributed by atoms with E-state index in [-0.39, 0.29) is 5.91 Å². The number of hydrogen-bond donors (Lipinski definition) is 1. The molecule has 0 atom stereocenters. The van der Waals surface area contributed by atoms with Crippen LogP contribution in [0.2, 0.25) is 0 Å². The molecule has 0 aliphatic carbocycles. The third-order valence-electron chi connectivity index (χ3n) is 3.41. The minimum absolute atomic E-state index is 0.0284. The van der Waals surface area contributed by atoms with Gasteiger partial charge in [-0.05, 0) is 35.6 Å². The molecule has 4 nitrogen and oxygen atoms in total. The van der Waals surface area contributed by atoms with Crippen LogP contribution in [0, 0.1) is 6.92 Å². The Labute approximate surface area is 122 Å². The number of aryl methyl sites for hydroxylation is 1. The van der Waals surface area contributed by atoms with Crippen LogP contribution in [0.15, 0.2) is 29.6 Å². The van der Waals surface area contributed by atoms with Crippen molar-refractivity contribution in [3.8, 4) is 5.75 Å². The number of fused-ring (bicyclic) bond motifs is 1. The Morgan fingerprint density at radius 2 is 2.30 bits per heavy atom. The lowest BCUT2D eigenvalue weighted by Crippen LogP contribution is -2.42. The number of methoxy groups -OCH3 is 1. The number of carbonyl (C=O) groups is 1. The zero-order valence-corrected chi connectivity index (χ0v) is 12.3. The summed E-state index contributed by atoms with van der Waals surface area (Å²) >= 11 is 1.63. The van der Waals surface area contributed by atoms with E-state index in [1.807, 2.05) is 30.5 Å². The number of benzene rings is 1. The third kappa shape index (κ3) is 2.25. The van der Waals surface area contributed by atoms with E-state index in [4.69, 9.17) is 4.74 Å². The molecule has 20 heavy (non-hydrogen) atoms. The number of nitrogens with zero attached hydrogens (tertiary/aromatic N) is 1. The summed E-state index contributed by atoms with van der Waals surface area (Å²) in [6.45, 7) is 3.28. The second-order valence-corrected chi connectivity index (χ2v) is 5.67. The van der Waals surface area contributed by atoms with Crippen molar-refractivity contribution in [3.05, 3.63) is 46.3 Å². The van der Waals surface area contributed by atoms with E-state index in [9.17, 15) is 4.79 Å². The standard InChI is InChI=1S/C15H16N2O2S/c1-10-8-20-15-13(10)14(18)16-9-17(15)7-11-4-3-5-12(6-11)19-2/h3-6,8H,7,9H2,1-2H3,(H,16,18). The van der Waals surface area contributed by atoms with Crippen LogP contribution >= 0.6 is 11.3 Å². The lowest BCUT2D eigenvalue weighted by Gasteiger charge is -2.29. The fourth-order valence-corrected chi connectivity index (χ4v) is 3.44. The van der Waals surface area contributed by atoms with Crippen LogP contribution in [0.3, 0.4) is 0 Å². The molecule has 2 heterocycles. The van der Waals surface area contributed by atoms with Crippen molar-refractivity contribution >= 4 is 22.2 Å². The molecule has 1 aromatic heterocycles. The molecule has 5 heteroatoms. The highest BCUT2D eigenvalue weighted by atomic mass is 32.1. The van der Waals surface area contributed by atoms with E-state index in [2.05, 4.69) is 16.3 Å². The first-order valence-corrected chi connectivity index (χ1v) is 7.31. The summed E-state index contributed by atoms with van der Waals surface area (Å²) in [6, 6.07) is 8.01.